The van der Waals surface area contributed by atoms with Crippen molar-refractivity contribution in [3.63, 3.8) is 0 Å². The zero-order chi connectivity index (χ0) is 22.4. The first-order chi connectivity index (χ1) is 14.9. The lowest BCUT2D eigenvalue weighted by Gasteiger charge is -2.16. The molecule has 3 aromatic rings. The molecular weight excluding hydrogens is 434 g/mol. The molecule has 0 fully saturated rings. The number of aryl methyl sites for hydroxylation is 1. The van der Waals surface area contributed by atoms with Crippen LogP contribution in [0.2, 0.25) is 5.02 Å². The highest BCUT2D eigenvalue weighted by Gasteiger charge is 2.20. The molecule has 0 aliphatic carbocycles. The number of benzene rings is 2. The summed E-state index contributed by atoms with van der Waals surface area (Å²) >= 11 is 7.24. The number of halogens is 1. The Bertz CT molecular complexity index is 1090. The molecule has 31 heavy (non-hydrogen) atoms. The number of nitrogens with zero attached hydrogens (tertiary/aromatic N) is 3. The van der Waals surface area contributed by atoms with E-state index in [1.54, 1.807) is 30.3 Å². The predicted octanol–water partition coefficient (Wildman–Crippen LogP) is 4.48. The fraction of sp³-hybridized carbons (Fsp3) is 0.273. The van der Waals surface area contributed by atoms with Crippen LogP contribution in [-0.4, -0.2) is 32.3 Å². The minimum Gasteiger partial charge on any atom is -0.342 e. The van der Waals surface area contributed by atoms with Gasteiger partial charge in [0.2, 0.25) is 5.91 Å². The van der Waals surface area contributed by atoms with E-state index < -0.39 is 0 Å². The van der Waals surface area contributed by atoms with Crippen LogP contribution >= 0.6 is 23.4 Å². The average Bonchev–Trinajstić information content (AvgIpc) is 3.15. The van der Waals surface area contributed by atoms with Crippen molar-refractivity contribution in [2.75, 3.05) is 11.1 Å². The maximum Gasteiger partial charge on any atom is 0.252 e. The third kappa shape index (κ3) is 5.86. The van der Waals surface area contributed by atoms with E-state index in [0.717, 1.165) is 5.56 Å². The fourth-order valence-electron chi connectivity index (χ4n) is 3.08. The molecule has 3 rings (SSSR count). The summed E-state index contributed by atoms with van der Waals surface area (Å²) in [4.78, 5) is 24.9. The summed E-state index contributed by atoms with van der Waals surface area (Å²) in [5.74, 6) is 0.489. The monoisotopic (exact) mass is 457 g/mol. The number of rotatable bonds is 8. The molecule has 162 valence electrons. The molecule has 2 aromatic carbocycles. The van der Waals surface area contributed by atoms with Gasteiger partial charge in [-0.05, 0) is 50.6 Å². The SMILES string of the molecule is CCn1c(SCC(=O)Nc2cccc(Cl)c2)nnc1[C@H](C)NC(=O)c1ccccc1C. The fourth-order valence-corrected chi connectivity index (χ4v) is 4.08. The number of aromatic nitrogens is 3. The Labute approximate surface area is 190 Å². The second-order valence-corrected chi connectivity index (χ2v) is 8.32. The Hall–Kier alpha value is -2.84. The first kappa shape index (κ1) is 22.8. The molecule has 1 aromatic heterocycles. The molecule has 0 saturated heterocycles. The molecule has 2 N–H and O–H groups in total. The third-order valence-corrected chi connectivity index (χ3v) is 5.83. The van der Waals surface area contributed by atoms with Gasteiger partial charge in [-0.25, -0.2) is 0 Å². The minimum absolute atomic E-state index is 0.161. The number of amides is 2. The zero-order valence-corrected chi connectivity index (χ0v) is 19.1. The predicted molar refractivity (Wildman–Crippen MR) is 124 cm³/mol. The molecular formula is C22H24ClN5O2S. The maximum absolute atomic E-state index is 12.6. The average molecular weight is 458 g/mol. The van der Waals surface area contributed by atoms with Gasteiger partial charge in [0.25, 0.3) is 5.91 Å². The smallest absolute Gasteiger partial charge is 0.252 e. The normalized spacial score (nSPS) is 11.7. The van der Waals surface area contributed by atoms with Crippen LogP contribution in [0.5, 0.6) is 0 Å². The van der Waals surface area contributed by atoms with E-state index in [0.29, 0.717) is 33.8 Å². The van der Waals surface area contributed by atoms with E-state index in [2.05, 4.69) is 20.8 Å². The highest BCUT2D eigenvalue weighted by molar-refractivity contribution is 7.99. The molecule has 7 nitrogen and oxygen atoms in total. The molecule has 0 aliphatic rings. The molecule has 0 spiro atoms. The van der Waals surface area contributed by atoms with Crippen molar-refractivity contribution >= 4 is 40.9 Å². The Balaban J connectivity index is 1.63. The van der Waals surface area contributed by atoms with Crippen molar-refractivity contribution in [2.24, 2.45) is 0 Å². The Kier molecular flexibility index (Phi) is 7.70. The molecule has 0 aliphatic heterocycles. The third-order valence-electron chi connectivity index (χ3n) is 4.63. The van der Waals surface area contributed by atoms with E-state index in [1.165, 1.54) is 11.8 Å². The lowest BCUT2D eigenvalue weighted by molar-refractivity contribution is -0.113. The number of nitrogens with one attached hydrogen (secondary N) is 2. The topological polar surface area (TPSA) is 88.9 Å². The molecule has 9 heteroatoms. The quantitative estimate of drug-likeness (QED) is 0.487. The molecule has 0 bridgehead atoms. The number of hydrogen-bond acceptors (Lipinski definition) is 5. The Morgan fingerprint density at radius 3 is 2.65 bits per heavy atom. The van der Waals surface area contributed by atoms with Crippen molar-refractivity contribution in [2.45, 2.75) is 38.5 Å². The van der Waals surface area contributed by atoms with Gasteiger partial charge in [0, 0.05) is 22.8 Å². The Morgan fingerprint density at radius 2 is 1.94 bits per heavy atom. The summed E-state index contributed by atoms with van der Waals surface area (Å²) in [7, 11) is 0. The molecule has 1 atom stereocenters. The van der Waals surface area contributed by atoms with Gasteiger partial charge < -0.3 is 15.2 Å². The molecule has 1 heterocycles. The van der Waals surface area contributed by atoms with Crippen LogP contribution < -0.4 is 10.6 Å². The van der Waals surface area contributed by atoms with E-state index in [9.17, 15) is 9.59 Å². The van der Waals surface area contributed by atoms with E-state index >= 15 is 0 Å². The second-order valence-electron chi connectivity index (χ2n) is 6.94. The van der Waals surface area contributed by atoms with Gasteiger partial charge in [0.15, 0.2) is 11.0 Å². The van der Waals surface area contributed by atoms with Gasteiger partial charge in [-0.1, -0.05) is 47.6 Å². The van der Waals surface area contributed by atoms with Crippen LogP contribution in [0.15, 0.2) is 53.7 Å². The number of carbonyl (C=O) groups is 2. The number of anilines is 1. The van der Waals surface area contributed by atoms with Gasteiger partial charge in [-0.2, -0.15) is 0 Å². The lowest BCUT2D eigenvalue weighted by Crippen LogP contribution is -2.29. The summed E-state index contributed by atoms with van der Waals surface area (Å²) in [6.45, 7) is 6.36. The van der Waals surface area contributed by atoms with E-state index in [-0.39, 0.29) is 23.6 Å². The summed E-state index contributed by atoms with van der Waals surface area (Å²) in [6.07, 6.45) is 0. The summed E-state index contributed by atoms with van der Waals surface area (Å²) in [5.41, 5.74) is 2.18. The van der Waals surface area contributed by atoms with E-state index in [1.807, 2.05) is 43.5 Å². The van der Waals surface area contributed by atoms with Crippen molar-refractivity contribution in [1.29, 1.82) is 0 Å². The van der Waals surface area contributed by atoms with Crippen LogP contribution in [0.1, 0.15) is 41.6 Å². The van der Waals surface area contributed by atoms with Gasteiger partial charge in [0.05, 0.1) is 11.8 Å². The molecule has 0 saturated carbocycles. The van der Waals surface area contributed by atoms with Gasteiger partial charge in [-0.3, -0.25) is 9.59 Å². The van der Waals surface area contributed by atoms with Gasteiger partial charge >= 0.3 is 0 Å². The van der Waals surface area contributed by atoms with Crippen molar-refractivity contribution in [3.8, 4) is 0 Å². The summed E-state index contributed by atoms with van der Waals surface area (Å²) in [6, 6.07) is 14.1. The molecule has 2 amide bonds. The van der Waals surface area contributed by atoms with Crippen LogP contribution in [0, 0.1) is 6.92 Å². The minimum atomic E-state index is -0.339. The largest absolute Gasteiger partial charge is 0.342 e. The van der Waals surface area contributed by atoms with Gasteiger partial charge in [0.1, 0.15) is 0 Å². The highest BCUT2D eigenvalue weighted by Crippen LogP contribution is 2.22. The second kappa shape index (κ2) is 10.5. The van der Waals surface area contributed by atoms with Crippen LogP contribution in [0.3, 0.4) is 0 Å². The molecule has 0 radical (unpaired) electrons. The highest BCUT2D eigenvalue weighted by atomic mass is 35.5. The van der Waals surface area contributed by atoms with E-state index in [4.69, 9.17) is 11.6 Å². The first-order valence-corrected chi connectivity index (χ1v) is 11.2. The van der Waals surface area contributed by atoms with Crippen molar-refractivity contribution in [3.05, 3.63) is 70.5 Å². The maximum atomic E-state index is 12.6. The van der Waals surface area contributed by atoms with Crippen molar-refractivity contribution in [1.82, 2.24) is 20.1 Å². The van der Waals surface area contributed by atoms with Crippen LogP contribution in [0.25, 0.3) is 0 Å². The summed E-state index contributed by atoms with van der Waals surface area (Å²) < 4.78 is 1.90. The number of hydrogen-bond donors (Lipinski definition) is 2. The summed E-state index contributed by atoms with van der Waals surface area (Å²) in [5, 5.41) is 15.5. The standard InChI is InChI=1S/C22H24ClN5O2S/c1-4-28-20(15(3)24-21(30)18-11-6-5-8-14(18)2)26-27-22(28)31-13-19(29)25-17-10-7-9-16(23)12-17/h5-12,15H,4,13H2,1-3H3,(H,24,30)(H,25,29)/t15-/m0/s1. The zero-order valence-electron chi connectivity index (χ0n) is 17.6. The van der Waals surface area contributed by atoms with Crippen LogP contribution in [0.4, 0.5) is 5.69 Å². The van der Waals surface area contributed by atoms with Crippen LogP contribution in [-0.2, 0) is 11.3 Å². The lowest BCUT2D eigenvalue weighted by atomic mass is 10.1. The van der Waals surface area contributed by atoms with Gasteiger partial charge in [-0.15, -0.1) is 10.2 Å². The number of thioether (sulfide) groups is 1. The molecule has 0 unspecified atom stereocenters. The number of carbonyl (C=O) groups excluding carboxylic acids is 2. The van der Waals surface area contributed by atoms with Crippen molar-refractivity contribution < 1.29 is 9.59 Å². The first-order valence-electron chi connectivity index (χ1n) is 9.86. The Morgan fingerprint density at radius 1 is 1.16 bits per heavy atom.